The molecular weight excluding hydrogens is 264 g/mol. The maximum atomic E-state index is 6.09. The van der Waals surface area contributed by atoms with Gasteiger partial charge in [-0.1, -0.05) is 6.07 Å². The van der Waals surface area contributed by atoms with Crippen LogP contribution in [-0.2, 0) is 16.1 Å². The largest absolute Gasteiger partial charge is 0.372 e. The summed E-state index contributed by atoms with van der Waals surface area (Å²) in [5, 5.41) is 0. The second-order valence-corrected chi connectivity index (χ2v) is 6.73. The predicted octanol–water partition coefficient (Wildman–Crippen LogP) is 2.55. The lowest BCUT2D eigenvalue weighted by Crippen LogP contribution is -2.67. The van der Waals surface area contributed by atoms with E-state index in [-0.39, 0.29) is 5.60 Å². The molecule has 1 aromatic heterocycles. The Kier molecular flexibility index (Phi) is 4.29. The van der Waals surface area contributed by atoms with Gasteiger partial charge in [0, 0.05) is 37.9 Å². The van der Waals surface area contributed by atoms with Gasteiger partial charge in [-0.25, -0.2) is 0 Å². The fourth-order valence-corrected chi connectivity index (χ4v) is 3.29. The third-order valence-corrected chi connectivity index (χ3v) is 4.57. The molecule has 1 aromatic rings. The highest BCUT2D eigenvalue weighted by molar-refractivity contribution is 5.09. The first-order valence-electron chi connectivity index (χ1n) is 7.98. The van der Waals surface area contributed by atoms with Gasteiger partial charge in [0.25, 0.3) is 0 Å². The van der Waals surface area contributed by atoms with Gasteiger partial charge in [-0.15, -0.1) is 0 Å². The molecular formula is C17H26N2O2. The zero-order valence-electron chi connectivity index (χ0n) is 13.3. The number of pyridine rings is 1. The Morgan fingerprint density at radius 3 is 2.95 bits per heavy atom. The van der Waals surface area contributed by atoms with Crippen molar-refractivity contribution < 1.29 is 9.47 Å². The van der Waals surface area contributed by atoms with Crippen LogP contribution < -0.4 is 0 Å². The molecule has 0 radical (unpaired) electrons. The number of hydrogen-bond acceptors (Lipinski definition) is 4. The average molecular weight is 290 g/mol. The van der Waals surface area contributed by atoms with Gasteiger partial charge >= 0.3 is 0 Å². The van der Waals surface area contributed by atoms with Crippen LogP contribution in [0.15, 0.2) is 18.2 Å². The van der Waals surface area contributed by atoms with Crippen molar-refractivity contribution in [1.82, 2.24) is 9.88 Å². The highest BCUT2D eigenvalue weighted by Gasteiger charge is 2.48. The Hall–Kier alpha value is -0.970. The van der Waals surface area contributed by atoms with Crippen molar-refractivity contribution in [2.24, 2.45) is 0 Å². The molecule has 1 spiro atoms. The van der Waals surface area contributed by atoms with E-state index in [1.807, 2.05) is 25.1 Å². The maximum Gasteiger partial charge on any atom is 0.0959 e. The van der Waals surface area contributed by atoms with Crippen molar-refractivity contribution in [2.75, 3.05) is 19.7 Å². The summed E-state index contributed by atoms with van der Waals surface area (Å²) < 4.78 is 12.1. The van der Waals surface area contributed by atoms with Gasteiger partial charge in [0.2, 0.25) is 0 Å². The van der Waals surface area contributed by atoms with E-state index in [4.69, 9.17) is 9.47 Å². The number of aryl methyl sites for hydroxylation is 1. The fraction of sp³-hybridized carbons (Fsp3) is 0.706. The Labute approximate surface area is 127 Å². The molecule has 0 N–H and O–H groups in total. The first kappa shape index (κ1) is 14.9. The van der Waals surface area contributed by atoms with Crippen LogP contribution in [0.5, 0.6) is 0 Å². The monoisotopic (exact) mass is 290 g/mol. The smallest absolute Gasteiger partial charge is 0.0959 e. The Morgan fingerprint density at radius 1 is 1.43 bits per heavy atom. The lowest BCUT2D eigenvalue weighted by molar-refractivity contribution is -0.204. The summed E-state index contributed by atoms with van der Waals surface area (Å²) in [5.74, 6) is 0. The molecule has 3 heterocycles. The molecule has 2 fully saturated rings. The van der Waals surface area contributed by atoms with Gasteiger partial charge in [-0.2, -0.15) is 0 Å². The average Bonchev–Trinajstić information content (AvgIpc) is 2.43. The van der Waals surface area contributed by atoms with E-state index in [9.17, 15) is 0 Å². The van der Waals surface area contributed by atoms with Crippen LogP contribution in [0.25, 0.3) is 0 Å². The minimum Gasteiger partial charge on any atom is -0.372 e. The molecule has 116 valence electrons. The molecule has 2 saturated heterocycles. The molecule has 2 aliphatic rings. The lowest BCUT2D eigenvalue weighted by atomic mass is 9.84. The summed E-state index contributed by atoms with van der Waals surface area (Å²) in [7, 11) is 0. The van der Waals surface area contributed by atoms with E-state index < -0.39 is 0 Å². The van der Waals surface area contributed by atoms with Crippen molar-refractivity contribution in [3.63, 3.8) is 0 Å². The Balaban J connectivity index is 1.51. The predicted molar refractivity (Wildman–Crippen MR) is 82.2 cm³/mol. The van der Waals surface area contributed by atoms with Crippen molar-refractivity contribution >= 4 is 0 Å². The minimum atomic E-state index is 0.0488. The summed E-state index contributed by atoms with van der Waals surface area (Å²) in [6, 6.07) is 6.70. The van der Waals surface area contributed by atoms with Crippen LogP contribution in [0.4, 0.5) is 0 Å². The molecule has 4 heteroatoms. The maximum absolute atomic E-state index is 6.09. The van der Waals surface area contributed by atoms with Crippen LogP contribution in [0, 0.1) is 6.92 Å². The number of rotatable bonds is 4. The second kappa shape index (κ2) is 6.03. The van der Waals surface area contributed by atoms with Crippen molar-refractivity contribution in [3.8, 4) is 0 Å². The summed E-state index contributed by atoms with van der Waals surface area (Å²) in [5.41, 5.74) is 2.12. The van der Waals surface area contributed by atoms with E-state index in [1.54, 1.807) is 0 Å². The van der Waals surface area contributed by atoms with Crippen LogP contribution >= 0.6 is 0 Å². The third-order valence-electron chi connectivity index (χ3n) is 4.57. The SMILES string of the molecule is Cc1cccc(CO[C@@H]2CCOC3(C2)CN(C(C)C)C3)n1. The highest BCUT2D eigenvalue weighted by Crippen LogP contribution is 2.36. The molecule has 1 atom stereocenters. The van der Waals surface area contributed by atoms with Gasteiger partial charge in [0.1, 0.15) is 0 Å². The second-order valence-electron chi connectivity index (χ2n) is 6.73. The van der Waals surface area contributed by atoms with Crippen LogP contribution in [-0.4, -0.2) is 47.3 Å². The van der Waals surface area contributed by atoms with Crippen LogP contribution in [0.3, 0.4) is 0 Å². The zero-order chi connectivity index (χ0) is 14.9. The van der Waals surface area contributed by atoms with Crippen LogP contribution in [0.1, 0.15) is 38.1 Å². The van der Waals surface area contributed by atoms with Gasteiger partial charge in [-0.3, -0.25) is 9.88 Å². The van der Waals surface area contributed by atoms with Crippen molar-refractivity contribution in [3.05, 3.63) is 29.6 Å². The number of ether oxygens (including phenoxy) is 2. The molecule has 0 aromatic carbocycles. The number of aromatic nitrogens is 1. The van der Waals surface area contributed by atoms with Crippen molar-refractivity contribution in [2.45, 2.75) is 58.0 Å². The molecule has 4 nitrogen and oxygen atoms in total. The van der Waals surface area contributed by atoms with E-state index in [0.717, 1.165) is 43.9 Å². The summed E-state index contributed by atoms with van der Waals surface area (Å²) >= 11 is 0. The van der Waals surface area contributed by atoms with Gasteiger partial charge in [0.05, 0.1) is 24.0 Å². The third kappa shape index (κ3) is 3.44. The molecule has 0 aliphatic carbocycles. The van der Waals surface area contributed by atoms with E-state index in [2.05, 4.69) is 23.7 Å². The molecule has 21 heavy (non-hydrogen) atoms. The lowest BCUT2D eigenvalue weighted by Gasteiger charge is -2.54. The fourth-order valence-electron chi connectivity index (χ4n) is 3.29. The van der Waals surface area contributed by atoms with Crippen LogP contribution in [0.2, 0.25) is 0 Å². The van der Waals surface area contributed by atoms with Gasteiger partial charge in [0.15, 0.2) is 0 Å². The highest BCUT2D eigenvalue weighted by atomic mass is 16.5. The summed E-state index contributed by atoms with van der Waals surface area (Å²) in [4.78, 5) is 6.96. The van der Waals surface area contributed by atoms with E-state index >= 15 is 0 Å². The molecule has 0 bridgehead atoms. The molecule has 0 amide bonds. The Morgan fingerprint density at radius 2 is 2.24 bits per heavy atom. The number of nitrogens with zero attached hydrogens (tertiary/aromatic N) is 2. The van der Waals surface area contributed by atoms with E-state index in [1.165, 1.54) is 0 Å². The zero-order valence-corrected chi connectivity index (χ0v) is 13.3. The number of hydrogen-bond donors (Lipinski definition) is 0. The van der Waals surface area contributed by atoms with Gasteiger partial charge < -0.3 is 9.47 Å². The summed E-state index contributed by atoms with van der Waals surface area (Å²) in [6.07, 6.45) is 2.31. The molecule has 2 aliphatic heterocycles. The van der Waals surface area contributed by atoms with E-state index in [0.29, 0.717) is 18.8 Å². The minimum absolute atomic E-state index is 0.0488. The van der Waals surface area contributed by atoms with Crippen molar-refractivity contribution in [1.29, 1.82) is 0 Å². The Bertz CT molecular complexity index is 483. The topological polar surface area (TPSA) is 34.6 Å². The van der Waals surface area contributed by atoms with Gasteiger partial charge in [-0.05, 0) is 39.3 Å². The molecule has 0 saturated carbocycles. The molecule has 0 unspecified atom stereocenters. The quantitative estimate of drug-likeness (QED) is 0.853. The standard InChI is InChI=1S/C17H26N2O2/c1-13(2)19-11-17(12-19)9-16(7-8-21-17)20-10-15-6-4-5-14(3)18-15/h4-6,13,16H,7-12H2,1-3H3/t16-/m1/s1. The normalized spacial score (nSPS) is 25.2. The first-order valence-corrected chi connectivity index (χ1v) is 7.98. The first-order chi connectivity index (χ1) is 10.1. The summed E-state index contributed by atoms with van der Waals surface area (Å²) in [6.45, 7) is 10.0. The molecule has 3 rings (SSSR count). The number of likely N-dealkylation sites (tertiary alicyclic amines) is 1.